The molecule has 0 unspecified atom stereocenters. The second-order valence-corrected chi connectivity index (χ2v) is 3.99. The normalized spacial score (nSPS) is 10.4. The van der Waals surface area contributed by atoms with Crippen molar-refractivity contribution in [3.05, 3.63) is 60.2 Å². The van der Waals surface area contributed by atoms with Crippen LogP contribution in [0, 0.1) is 0 Å². The van der Waals surface area contributed by atoms with Gasteiger partial charge in [-0.25, -0.2) is 0 Å². The fourth-order valence-corrected chi connectivity index (χ4v) is 1.64. The number of anilines is 1. The molecule has 2 aromatic carbocycles. The molecule has 0 aromatic heterocycles. The van der Waals surface area contributed by atoms with E-state index in [9.17, 15) is 4.79 Å². The highest BCUT2D eigenvalue weighted by Crippen LogP contribution is 2.15. The van der Waals surface area contributed by atoms with Crippen LogP contribution in [0.1, 0.15) is 5.56 Å². The van der Waals surface area contributed by atoms with Gasteiger partial charge < -0.3 is 15.3 Å². The molecule has 0 aliphatic carbocycles. The molecule has 1 amide bonds. The lowest BCUT2D eigenvalue weighted by atomic mass is 10.2. The zero-order valence-corrected chi connectivity index (χ0v) is 10.7. The lowest BCUT2D eigenvalue weighted by Gasteiger charge is -2.09. The molecule has 5 heteroatoms. The SMILES string of the molecule is O=C(COc1ccccc1/C=N/O)Nc1ccccc1. The van der Waals surface area contributed by atoms with Gasteiger partial charge in [0, 0.05) is 11.3 Å². The molecule has 0 saturated carbocycles. The smallest absolute Gasteiger partial charge is 0.262 e. The van der Waals surface area contributed by atoms with Crippen molar-refractivity contribution in [3.63, 3.8) is 0 Å². The Kier molecular flexibility index (Phi) is 4.72. The second kappa shape index (κ2) is 6.94. The van der Waals surface area contributed by atoms with Crippen LogP contribution in [-0.2, 0) is 4.79 Å². The zero-order chi connectivity index (χ0) is 14.2. The van der Waals surface area contributed by atoms with Crippen molar-refractivity contribution in [1.29, 1.82) is 0 Å². The first kappa shape index (κ1) is 13.6. The molecule has 0 aliphatic rings. The summed E-state index contributed by atoms with van der Waals surface area (Å²) >= 11 is 0. The number of hydrogen-bond donors (Lipinski definition) is 2. The van der Waals surface area contributed by atoms with E-state index in [1.54, 1.807) is 36.4 Å². The Morgan fingerprint density at radius 3 is 2.60 bits per heavy atom. The number of nitrogens with one attached hydrogen (secondary N) is 1. The fraction of sp³-hybridized carbons (Fsp3) is 0.0667. The van der Waals surface area contributed by atoms with E-state index in [0.717, 1.165) is 0 Å². The summed E-state index contributed by atoms with van der Waals surface area (Å²) in [5, 5.41) is 14.2. The van der Waals surface area contributed by atoms with Crippen molar-refractivity contribution in [1.82, 2.24) is 0 Å². The molecular formula is C15H14N2O3. The van der Waals surface area contributed by atoms with E-state index >= 15 is 0 Å². The minimum absolute atomic E-state index is 0.120. The minimum Gasteiger partial charge on any atom is -0.483 e. The first-order chi connectivity index (χ1) is 9.79. The van der Waals surface area contributed by atoms with Gasteiger partial charge in [-0.15, -0.1) is 0 Å². The Morgan fingerprint density at radius 2 is 1.85 bits per heavy atom. The molecular weight excluding hydrogens is 256 g/mol. The fourth-order valence-electron chi connectivity index (χ4n) is 1.64. The molecule has 0 saturated heterocycles. The summed E-state index contributed by atoms with van der Waals surface area (Å²) in [6, 6.07) is 16.1. The summed E-state index contributed by atoms with van der Waals surface area (Å²) in [6.45, 7) is -0.120. The third-order valence-corrected chi connectivity index (χ3v) is 2.53. The third kappa shape index (κ3) is 3.84. The lowest BCUT2D eigenvalue weighted by molar-refractivity contribution is -0.118. The Balaban J connectivity index is 1.94. The Labute approximate surface area is 116 Å². The molecule has 5 nitrogen and oxygen atoms in total. The van der Waals surface area contributed by atoms with Crippen LogP contribution in [0.5, 0.6) is 5.75 Å². The summed E-state index contributed by atoms with van der Waals surface area (Å²) in [5.41, 5.74) is 1.31. The maximum absolute atomic E-state index is 11.7. The van der Waals surface area contributed by atoms with Crippen LogP contribution >= 0.6 is 0 Å². The quantitative estimate of drug-likeness (QED) is 0.498. The number of carbonyl (C=O) groups is 1. The molecule has 0 fully saturated rings. The first-order valence-electron chi connectivity index (χ1n) is 6.04. The molecule has 0 bridgehead atoms. The number of oxime groups is 1. The summed E-state index contributed by atoms with van der Waals surface area (Å²) in [4.78, 5) is 11.7. The molecule has 0 radical (unpaired) electrons. The summed E-state index contributed by atoms with van der Waals surface area (Å²) in [7, 11) is 0. The van der Waals surface area contributed by atoms with E-state index in [4.69, 9.17) is 9.94 Å². The van der Waals surface area contributed by atoms with E-state index in [1.165, 1.54) is 6.21 Å². The van der Waals surface area contributed by atoms with Gasteiger partial charge in [0.15, 0.2) is 6.61 Å². The topological polar surface area (TPSA) is 70.9 Å². The van der Waals surface area contributed by atoms with Gasteiger partial charge in [-0.05, 0) is 24.3 Å². The number of ether oxygens (including phenoxy) is 1. The molecule has 0 atom stereocenters. The van der Waals surface area contributed by atoms with Crippen molar-refractivity contribution in [3.8, 4) is 5.75 Å². The van der Waals surface area contributed by atoms with Crippen LogP contribution in [0.25, 0.3) is 0 Å². The molecule has 0 aliphatic heterocycles. The van der Waals surface area contributed by atoms with Crippen LogP contribution in [0.4, 0.5) is 5.69 Å². The molecule has 0 spiro atoms. The van der Waals surface area contributed by atoms with Gasteiger partial charge in [0.05, 0.1) is 6.21 Å². The molecule has 2 aromatic rings. The van der Waals surface area contributed by atoms with Crippen molar-refractivity contribution < 1.29 is 14.7 Å². The third-order valence-electron chi connectivity index (χ3n) is 2.53. The minimum atomic E-state index is -0.257. The van der Waals surface area contributed by atoms with Gasteiger partial charge in [-0.3, -0.25) is 4.79 Å². The number of amides is 1. The van der Waals surface area contributed by atoms with Gasteiger partial charge >= 0.3 is 0 Å². The highest BCUT2D eigenvalue weighted by atomic mass is 16.5. The Morgan fingerprint density at radius 1 is 1.15 bits per heavy atom. The molecule has 20 heavy (non-hydrogen) atoms. The van der Waals surface area contributed by atoms with Gasteiger partial charge in [0.1, 0.15) is 5.75 Å². The van der Waals surface area contributed by atoms with E-state index in [2.05, 4.69) is 10.5 Å². The van der Waals surface area contributed by atoms with Gasteiger partial charge in [-0.2, -0.15) is 0 Å². The van der Waals surface area contributed by atoms with Crippen molar-refractivity contribution >= 4 is 17.8 Å². The van der Waals surface area contributed by atoms with E-state index in [0.29, 0.717) is 17.0 Å². The number of carbonyl (C=O) groups excluding carboxylic acids is 1. The first-order valence-corrected chi connectivity index (χ1v) is 6.04. The van der Waals surface area contributed by atoms with Crippen LogP contribution in [-0.4, -0.2) is 23.9 Å². The predicted molar refractivity (Wildman–Crippen MR) is 76.4 cm³/mol. The predicted octanol–water partition coefficient (Wildman–Crippen LogP) is 2.51. The molecule has 2 rings (SSSR count). The van der Waals surface area contributed by atoms with Crippen LogP contribution in [0.2, 0.25) is 0 Å². The second-order valence-electron chi connectivity index (χ2n) is 3.99. The van der Waals surface area contributed by atoms with Crippen LogP contribution < -0.4 is 10.1 Å². The van der Waals surface area contributed by atoms with E-state index < -0.39 is 0 Å². The van der Waals surface area contributed by atoms with Crippen molar-refractivity contribution in [2.24, 2.45) is 5.16 Å². The maximum Gasteiger partial charge on any atom is 0.262 e. The van der Waals surface area contributed by atoms with E-state index in [-0.39, 0.29) is 12.5 Å². The number of para-hydroxylation sites is 2. The van der Waals surface area contributed by atoms with Gasteiger partial charge in [0.25, 0.3) is 5.91 Å². The van der Waals surface area contributed by atoms with Crippen molar-refractivity contribution in [2.75, 3.05) is 11.9 Å². The Hall–Kier alpha value is -2.82. The summed E-state index contributed by atoms with van der Waals surface area (Å²) < 4.78 is 5.41. The average Bonchev–Trinajstić information content (AvgIpc) is 2.48. The summed E-state index contributed by atoms with van der Waals surface area (Å²) in [5.74, 6) is 0.223. The number of benzene rings is 2. The zero-order valence-electron chi connectivity index (χ0n) is 10.7. The lowest BCUT2D eigenvalue weighted by Crippen LogP contribution is -2.20. The van der Waals surface area contributed by atoms with Gasteiger partial charge in [-0.1, -0.05) is 35.5 Å². The van der Waals surface area contributed by atoms with Crippen LogP contribution in [0.15, 0.2) is 59.8 Å². The molecule has 0 heterocycles. The van der Waals surface area contributed by atoms with Crippen molar-refractivity contribution in [2.45, 2.75) is 0 Å². The highest BCUT2D eigenvalue weighted by Gasteiger charge is 2.05. The molecule has 102 valence electrons. The number of rotatable bonds is 5. The van der Waals surface area contributed by atoms with E-state index in [1.807, 2.05) is 18.2 Å². The number of hydrogen-bond acceptors (Lipinski definition) is 4. The summed E-state index contributed by atoms with van der Waals surface area (Å²) in [6.07, 6.45) is 1.25. The average molecular weight is 270 g/mol. The maximum atomic E-state index is 11.7. The van der Waals surface area contributed by atoms with Crippen LogP contribution in [0.3, 0.4) is 0 Å². The number of nitrogens with zero attached hydrogens (tertiary/aromatic N) is 1. The Bertz CT molecular complexity index is 597. The van der Waals surface area contributed by atoms with Gasteiger partial charge in [0.2, 0.25) is 0 Å². The molecule has 2 N–H and O–H groups in total. The monoisotopic (exact) mass is 270 g/mol. The standard InChI is InChI=1S/C15H14N2O3/c18-15(17-13-7-2-1-3-8-13)11-20-14-9-5-4-6-12(14)10-16-19/h1-10,19H,11H2,(H,17,18)/b16-10+. The largest absolute Gasteiger partial charge is 0.483 e. The highest BCUT2D eigenvalue weighted by molar-refractivity contribution is 5.92.